The van der Waals surface area contributed by atoms with Crippen LogP contribution in [-0.4, -0.2) is 37.2 Å². The van der Waals surface area contributed by atoms with Crippen LogP contribution in [0.1, 0.15) is 194 Å². The summed E-state index contributed by atoms with van der Waals surface area (Å²) in [5, 5.41) is 0. The second kappa shape index (κ2) is 47.7. The third-order valence-corrected chi connectivity index (χ3v) is 9.65. The number of rotatable bonds is 41. The van der Waals surface area contributed by atoms with E-state index in [4.69, 9.17) is 14.2 Å². The zero-order valence-corrected chi connectivity index (χ0v) is 38.4. The summed E-state index contributed by atoms with van der Waals surface area (Å²) < 4.78 is 16.6. The van der Waals surface area contributed by atoms with E-state index in [9.17, 15) is 14.4 Å². The molecule has 0 amide bonds. The van der Waals surface area contributed by atoms with Crippen LogP contribution < -0.4 is 0 Å². The Morgan fingerprint density at radius 1 is 0.367 bits per heavy atom. The van der Waals surface area contributed by atoms with Crippen LogP contribution in [0, 0.1) is 0 Å². The van der Waals surface area contributed by atoms with E-state index >= 15 is 0 Å². The molecule has 1 atom stereocenters. The van der Waals surface area contributed by atoms with Gasteiger partial charge in [0, 0.05) is 19.3 Å². The SMILES string of the molecule is CC\C=C/C=C\C=C/C=C\C=C/CCCC(=O)OC(COC(=O)CCCCC/C=C\C/C=C\C/C=C\C/C=C\CC)COC(=O)CCCCCCCCCCCCCCC. The van der Waals surface area contributed by atoms with E-state index in [1.165, 1.54) is 64.2 Å². The Labute approximate surface area is 368 Å². The Kier molecular flexibility index (Phi) is 44.6. The van der Waals surface area contributed by atoms with E-state index < -0.39 is 12.1 Å². The maximum atomic E-state index is 12.7. The minimum absolute atomic E-state index is 0.118. The molecule has 1 unspecified atom stereocenters. The van der Waals surface area contributed by atoms with Gasteiger partial charge in [-0.05, 0) is 70.6 Å². The van der Waals surface area contributed by atoms with E-state index in [2.05, 4.69) is 75.5 Å². The fraction of sp³-hybridized carbons (Fsp3) is 0.611. The van der Waals surface area contributed by atoms with Crippen molar-refractivity contribution in [1.82, 2.24) is 0 Å². The largest absolute Gasteiger partial charge is 0.462 e. The second-order valence-corrected chi connectivity index (χ2v) is 15.4. The van der Waals surface area contributed by atoms with Crippen molar-refractivity contribution in [2.45, 2.75) is 200 Å². The summed E-state index contributed by atoms with van der Waals surface area (Å²) in [4.78, 5) is 37.8. The number of esters is 3. The van der Waals surface area contributed by atoms with Crippen LogP contribution in [0.2, 0.25) is 0 Å². The van der Waals surface area contributed by atoms with Crippen molar-refractivity contribution in [3.63, 3.8) is 0 Å². The molecular weight excluding hydrogens is 745 g/mol. The molecule has 6 nitrogen and oxygen atoms in total. The van der Waals surface area contributed by atoms with Crippen molar-refractivity contribution in [3.05, 3.63) is 109 Å². The number of allylic oxidation sites excluding steroid dienone is 18. The van der Waals surface area contributed by atoms with Crippen LogP contribution in [0.4, 0.5) is 0 Å². The molecule has 60 heavy (non-hydrogen) atoms. The third kappa shape index (κ3) is 45.2. The molecule has 0 aliphatic carbocycles. The maximum absolute atomic E-state index is 12.7. The molecule has 0 heterocycles. The van der Waals surface area contributed by atoms with Crippen LogP contribution in [0.3, 0.4) is 0 Å². The summed E-state index contributed by atoms with van der Waals surface area (Å²) in [6, 6.07) is 0. The number of carbonyl (C=O) groups excluding carboxylic acids is 3. The van der Waals surface area contributed by atoms with E-state index in [0.29, 0.717) is 19.3 Å². The molecule has 338 valence electrons. The van der Waals surface area contributed by atoms with Gasteiger partial charge >= 0.3 is 17.9 Å². The highest BCUT2D eigenvalue weighted by Crippen LogP contribution is 2.14. The number of hydrogen-bond donors (Lipinski definition) is 0. The molecule has 0 bridgehead atoms. The Morgan fingerprint density at radius 2 is 0.750 bits per heavy atom. The van der Waals surface area contributed by atoms with E-state index in [0.717, 1.165) is 83.5 Å². The van der Waals surface area contributed by atoms with Gasteiger partial charge in [0.2, 0.25) is 0 Å². The summed E-state index contributed by atoms with van der Waals surface area (Å²) in [6.07, 6.45) is 63.6. The van der Waals surface area contributed by atoms with Gasteiger partial charge in [0.15, 0.2) is 6.10 Å². The molecule has 0 N–H and O–H groups in total. The van der Waals surface area contributed by atoms with Gasteiger partial charge in [0.25, 0.3) is 0 Å². The van der Waals surface area contributed by atoms with Crippen LogP contribution >= 0.6 is 0 Å². The first kappa shape index (κ1) is 56.1. The summed E-state index contributed by atoms with van der Waals surface area (Å²) in [7, 11) is 0. The van der Waals surface area contributed by atoms with E-state index in [1.807, 2.05) is 54.7 Å². The molecule has 0 spiro atoms. The predicted octanol–water partition coefficient (Wildman–Crippen LogP) is 15.6. The lowest BCUT2D eigenvalue weighted by molar-refractivity contribution is -0.167. The van der Waals surface area contributed by atoms with Crippen molar-refractivity contribution in [2.24, 2.45) is 0 Å². The first-order valence-electron chi connectivity index (χ1n) is 24.0. The number of ether oxygens (including phenoxy) is 3. The Balaban J connectivity index is 4.55. The van der Waals surface area contributed by atoms with Gasteiger partial charge in [-0.1, -0.05) is 214 Å². The topological polar surface area (TPSA) is 78.9 Å². The Hall–Kier alpha value is -3.93. The first-order valence-corrected chi connectivity index (χ1v) is 24.0. The first-order chi connectivity index (χ1) is 29.5. The minimum Gasteiger partial charge on any atom is -0.462 e. The van der Waals surface area contributed by atoms with Crippen molar-refractivity contribution >= 4 is 17.9 Å². The zero-order valence-electron chi connectivity index (χ0n) is 38.4. The normalized spacial score (nSPS) is 13.1. The fourth-order valence-electron chi connectivity index (χ4n) is 6.11. The summed E-state index contributed by atoms with van der Waals surface area (Å²) in [5.74, 6) is -1.03. The van der Waals surface area contributed by atoms with Gasteiger partial charge in [0.1, 0.15) is 13.2 Å². The van der Waals surface area contributed by atoms with Gasteiger partial charge in [-0.2, -0.15) is 0 Å². The molecule has 0 aromatic carbocycles. The number of hydrogen-bond acceptors (Lipinski definition) is 6. The van der Waals surface area contributed by atoms with Crippen LogP contribution in [-0.2, 0) is 28.6 Å². The molecule has 0 aliphatic heterocycles. The molecule has 0 radical (unpaired) electrons. The molecular formula is C54H86O6. The summed E-state index contributed by atoms with van der Waals surface area (Å²) in [5.41, 5.74) is 0. The second-order valence-electron chi connectivity index (χ2n) is 15.4. The summed E-state index contributed by atoms with van der Waals surface area (Å²) >= 11 is 0. The zero-order chi connectivity index (χ0) is 43.7. The molecule has 0 aromatic rings. The third-order valence-electron chi connectivity index (χ3n) is 9.65. The fourth-order valence-corrected chi connectivity index (χ4v) is 6.11. The number of unbranched alkanes of at least 4 members (excludes halogenated alkanes) is 16. The summed E-state index contributed by atoms with van der Waals surface area (Å²) in [6.45, 7) is 6.27. The smallest absolute Gasteiger partial charge is 0.306 e. The predicted molar refractivity (Wildman–Crippen MR) is 256 cm³/mol. The lowest BCUT2D eigenvalue weighted by Crippen LogP contribution is -2.30. The molecule has 0 saturated heterocycles. The minimum atomic E-state index is -0.827. The van der Waals surface area contributed by atoms with Gasteiger partial charge in [-0.15, -0.1) is 0 Å². The van der Waals surface area contributed by atoms with E-state index in [1.54, 1.807) is 0 Å². The molecule has 6 heteroatoms. The lowest BCUT2D eigenvalue weighted by atomic mass is 10.0. The molecule has 0 aromatic heterocycles. The quantitative estimate of drug-likeness (QED) is 0.0201. The van der Waals surface area contributed by atoms with Gasteiger partial charge in [-0.3, -0.25) is 14.4 Å². The van der Waals surface area contributed by atoms with E-state index in [-0.39, 0.29) is 31.6 Å². The van der Waals surface area contributed by atoms with Crippen LogP contribution in [0.25, 0.3) is 0 Å². The van der Waals surface area contributed by atoms with Crippen LogP contribution in [0.15, 0.2) is 109 Å². The van der Waals surface area contributed by atoms with Crippen molar-refractivity contribution in [1.29, 1.82) is 0 Å². The highest BCUT2D eigenvalue weighted by Gasteiger charge is 2.19. The molecule has 0 aliphatic rings. The monoisotopic (exact) mass is 831 g/mol. The van der Waals surface area contributed by atoms with Gasteiger partial charge < -0.3 is 14.2 Å². The molecule has 0 rings (SSSR count). The number of carbonyl (C=O) groups is 3. The highest BCUT2D eigenvalue weighted by molar-refractivity contribution is 5.71. The average Bonchev–Trinajstić information content (AvgIpc) is 3.24. The Bertz CT molecular complexity index is 1280. The highest BCUT2D eigenvalue weighted by atomic mass is 16.6. The molecule has 0 fully saturated rings. The van der Waals surface area contributed by atoms with Crippen molar-refractivity contribution in [3.8, 4) is 0 Å². The van der Waals surface area contributed by atoms with Crippen molar-refractivity contribution in [2.75, 3.05) is 13.2 Å². The Morgan fingerprint density at radius 3 is 1.25 bits per heavy atom. The molecule has 0 saturated carbocycles. The van der Waals surface area contributed by atoms with Gasteiger partial charge in [0.05, 0.1) is 0 Å². The van der Waals surface area contributed by atoms with Crippen molar-refractivity contribution < 1.29 is 28.6 Å². The standard InChI is InChI=1S/C54H86O6/c1-4-7-10-13-16-19-22-25-26-27-30-32-35-38-41-44-47-53(56)59-50-51(60-54(57)48-45-42-39-36-33-29-24-21-18-15-12-9-6-3)49-58-52(55)46-43-40-37-34-31-28-23-20-17-14-11-8-5-2/h7,9-10,12,15-16,18-19,21,24-26,29-30,32-33,36,39,51H,4-6,8,11,13-14,17,20,22-23,27-28,31,34-35,37-38,40-50H2,1-3H3/b10-7-,12-9-,18-15-,19-16-,24-21-,26-25-,32-30-,33-29-,39-36-. The maximum Gasteiger partial charge on any atom is 0.306 e. The van der Waals surface area contributed by atoms with Crippen LogP contribution in [0.5, 0.6) is 0 Å². The lowest BCUT2D eigenvalue weighted by Gasteiger charge is -2.18. The average molecular weight is 831 g/mol. The van der Waals surface area contributed by atoms with Gasteiger partial charge in [-0.25, -0.2) is 0 Å².